The van der Waals surface area contributed by atoms with Crippen LogP contribution in [0.5, 0.6) is 0 Å². The van der Waals surface area contributed by atoms with Crippen LogP contribution in [-0.4, -0.2) is 29.4 Å². The molecule has 2 atom stereocenters. The van der Waals surface area contributed by atoms with Gasteiger partial charge in [0.25, 0.3) is 0 Å². The Morgan fingerprint density at radius 1 is 1.63 bits per heavy atom. The van der Waals surface area contributed by atoms with Gasteiger partial charge in [-0.3, -0.25) is 4.99 Å². The van der Waals surface area contributed by atoms with Crippen molar-refractivity contribution in [2.75, 3.05) is 6.54 Å². The van der Waals surface area contributed by atoms with E-state index in [-0.39, 0.29) is 18.2 Å². The summed E-state index contributed by atoms with van der Waals surface area (Å²) in [5, 5.41) is 3.23. The van der Waals surface area contributed by atoms with Crippen molar-refractivity contribution in [1.29, 1.82) is 0 Å². The summed E-state index contributed by atoms with van der Waals surface area (Å²) < 4.78 is 14.2. The van der Waals surface area contributed by atoms with E-state index < -0.39 is 0 Å². The average molecular weight is 265 g/mol. The normalized spacial score (nSPS) is 21.8. The molecule has 0 bridgehead atoms. The molecular formula is C15H24FN3. The highest BCUT2D eigenvalue weighted by atomic mass is 19.1. The van der Waals surface area contributed by atoms with E-state index in [4.69, 9.17) is 0 Å². The van der Waals surface area contributed by atoms with E-state index in [1.165, 1.54) is 0 Å². The summed E-state index contributed by atoms with van der Waals surface area (Å²) in [5.41, 5.74) is 1.83. The Kier molecular flexibility index (Phi) is 5.96. The number of rotatable bonds is 6. The lowest BCUT2D eigenvalue weighted by molar-refractivity contribution is 0.265. The SMILES string of the molecule is C=CC(C)NCC/C=C(/F)N1C(C)=CC(C)=NC1C. The highest BCUT2D eigenvalue weighted by molar-refractivity contribution is 5.94. The number of nitrogens with one attached hydrogen (secondary N) is 1. The van der Waals surface area contributed by atoms with Gasteiger partial charge in [-0.05, 0) is 52.8 Å². The summed E-state index contributed by atoms with van der Waals surface area (Å²) in [6, 6.07) is 0.249. The molecule has 0 aliphatic carbocycles. The van der Waals surface area contributed by atoms with Gasteiger partial charge in [-0.15, -0.1) is 6.58 Å². The first-order chi connectivity index (χ1) is 8.95. The van der Waals surface area contributed by atoms with Gasteiger partial charge in [-0.25, -0.2) is 0 Å². The van der Waals surface area contributed by atoms with Crippen LogP contribution in [0.1, 0.15) is 34.1 Å². The lowest BCUT2D eigenvalue weighted by atomic mass is 10.2. The maximum Gasteiger partial charge on any atom is 0.191 e. The van der Waals surface area contributed by atoms with Crippen LogP contribution < -0.4 is 5.32 Å². The van der Waals surface area contributed by atoms with Crippen LogP contribution in [0.3, 0.4) is 0 Å². The van der Waals surface area contributed by atoms with E-state index >= 15 is 0 Å². The summed E-state index contributed by atoms with van der Waals surface area (Å²) in [4.78, 5) is 5.98. The molecule has 1 heterocycles. The van der Waals surface area contributed by atoms with Crippen molar-refractivity contribution in [2.45, 2.75) is 46.3 Å². The van der Waals surface area contributed by atoms with Crippen molar-refractivity contribution in [2.24, 2.45) is 4.99 Å². The molecule has 106 valence electrons. The second-order valence-electron chi connectivity index (χ2n) is 4.85. The van der Waals surface area contributed by atoms with E-state index in [0.29, 0.717) is 6.42 Å². The first-order valence-electron chi connectivity index (χ1n) is 6.69. The van der Waals surface area contributed by atoms with Crippen LogP contribution in [0.15, 0.2) is 41.4 Å². The first-order valence-corrected chi connectivity index (χ1v) is 6.69. The Bertz CT molecular complexity index is 410. The van der Waals surface area contributed by atoms with E-state index in [0.717, 1.165) is 18.0 Å². The zero-order valence-electron chi connectivity index (χ0n) is 12.3. The number of hydrogen-bond donors (Lipinski definition) is 1. The smallest absolute Gasteiger partial charge is 0.191 e. The van der Waals surface area contributed by atoms with Gasteiger partial charge in [0.15, 0.2) is 5.95 Å². The van der Waals surface area contributed by atoms with Crippen molar-refractivity contribution < 1.29 is 4.39 Å². The van der Waals surface area contributed by atoms with Crippen LogP contribution in [0.25, 0.3) is 0 Å². The summed E-state index contributed by atoms with van der Waals surface area (Å²) in [6.45, 7) is 12.2. The quantitative estimate of drug-likeness (QED) is 0.453. The van der Waals surface area contributed by atoms with Crippen molar-refractivity contribution in [3.05, 3.63) is 36.5 Å². The van der Waals surface area contributed by atoms with Crippen molar-refractivity contribution in [3.63, 3.8) is 0 Å². The second-order valence-corrected chi connectivity index (χ2v) is 4.85. The van der Waals surface area contributed by atoms with Gasteiger partial charge >= 0.3 is 0 Å². The molecule has 0 radical (unpaired) electrons. The third-order valence-electron chi connectivity index (χ3n) is 3.07. The van der Waals surface area contributed by atoms with E-state index in [1.54, 1.807) is 11.0 Å². The van der Waals surface area contributed by atoms with Crippen LogP contribution >= 0.6 is 0 Å². The Hall–Kier alpha value is -1.42. The lowest BCUT2D eigenvalue weighted by Gasteiger charge is -2.30. The Morgan fingerprint density at radius 3 is 2.89 bits per heavy atom. The molecule has 1 aliphatic rings. The monoisotopic (exact) mass is 265 g/mol. The molecule has 0 saturated heterocycles. The Balaban J connectivity index is 2.55. The van der Waals surface area contributed by atoms with E-state index in [9.17, 15) is 4.39 Å². The van der Waals surface area contributed by atoms with Gasteiger partial charge < -0.3 is 10.2 Å². The molecule has 0 aromatic rings. The number of hydrogen-bond acceptors (Lipinski definition) is 3. The zero-order chi connectivity index (χ0) is 14.4. The van der Waals surface area contributed by atoms with Crippen LogP contribution in [0, 0.1) is 0 Å². The molecule has 19 heavy (non-hydrogen) atoms. The van der Waals surface area contributed by atoms with Crippen LogP contribution in [0.4, 0.5) is 4.39 Å². The topological polar surface area (TPSA) is 27.6 Å². The number of halogens is 1. The molecule has 1 rings (SSSR count). The predicted octanol–water partition coefficient (Wildman–Crippen LogP) is 3.38. The maximum atomic E-state index is 14.2. The van der Waals surface area contributed by atoms with Gasteiger partial charge in [-0.2, -0.15) is 4.39 Å². The molecule has 0 saturated carbocycles. The highest BCUT2D eigenvalue weighted by Gasteiger charge is 2.20. The maximum absolute atomic E-state index is 14.2. The highest BCUT2D eigenvalue weighted by Crippen LogP contribution is 2.22. The van der Waals surface area contributed by atoms with E-state index in [1.807, 2.05) is 39.8 Å². The molecule has 0 fully saturated rings. The predicted molar refractivity (Wildman–Crippen MR) is 79.6 cm³/mol. The molecule has 2 unspecified atom stereocenters. The number of allylic oxidation sites excluding steroid dienone is 2. The minimum absolute atomic E-state index is 0.179. The Labute approximate surface area is 115 Å². The van der Waals surface area contributed by atoms with Gasteiger partial charge in [0.05, 0.1) is 0 Å². The third-order valence-corrected chi connectivity index (χ3v) is 3.07. The third kappa shape index (κ3) is 4.63. The molecule has 3 nitrogen and oxygen atoms in total. The van der Waals surface area contributed by atoms with E-state index in [2.05, 4.69) is 16.9 Å². The molecule has 1 aliphatic heterocycles. The Morgan fingerprint density at radius 2 is 2.32 bits per heavy atom. The molecule has 0 amide bonds. The second kappa shape index (κ2) is 7.24. The minimum atomic E-state index is -0.231. The van der Waals surface area contributed by atoms with Crippen LogP contribution in [-0.2, 0) is 0 Å². The first kappa shape index (κ1) is 15.6. The van der Waals surface area contributed by atoms with Gasteiger partial charge in [0.1, 0.15) is 6.17 Å². The molecule has 0 aromatic carbocycles. The lowest BCUT2D eigenvalue weighted by Crippen LogP contribution is -2.32. The van der Waals surface area contributed by atoms with Gasteiger partial charge in [0, 0.05) is 17.5 Å². The fourth-order valence-corrected chi connectivity index (χ4v) is 2.09. The zero-order valence-corrected chi connectivity index (χ0v) is 12.3. The summed E-state index contributed by atoms with van der Waals surface area (Å²) in [5.74, 6) is -0.231. The molecule has 4 heteroatoms. The fraction of sp³-hybridized carbons (Fsp3) is 0.533. The van der Waals surface area contributed by atoms with Gasteiger partial charge in [-0.1, -0.05) is 6.08 Å². The summed E-state index contributed by atoms with van der Waals surface area (Å²) in [7, 11) is 0. The summed E-state index contributed by atoms with van der Waals surface area (Å²) in [6.07, 6.45) is 5.79. The van der Waals surface area contributed by atoms with Crippen LogP contribution in [0.2, 0.25) is 0 Å². The fourth-order valence-electron chi connectivity index (χ4n) is 2.09. The largest absolute Gasteiger partial charge is 0.310 e. The molecule has 0 spiro atoms. The summed E-state index contributed by atoms with van der Waals surface area (Å²) >= 11 is 0. The molecule has 1 N–H and O–H groups in total. The number of aliphatic imine (C=N–C) groups is 1. The minimum Gasteiger partial charge on any atom is -0.310 e. The molecular weight excluding hydrogens is 241 g/mol. The van der Waals surface area contributed by atoms with Crippen molar-refractivity contribution in [3.8, 4) is 0 Å². The van der Waals surface area contributed by atoms with Gasteiger partial charge in [0.2, 0.25) is 0 Å². The standard InChI is InChI=1S/C15H24FN3/c1-6-11(2)17-9-7-8-15(16)19-13(4)10-12(3)18-14(19)5/h6,8,10-11,14,17H,1,7,9H2,2-5H3/b15-8-. The van der Waals surface area contributed by atoms with Crippen molar-refractivity contribution >= 4 is 5.71 Å². The average Bonchev–Trinajstić information content (AvgIpc) is 2.33. The molecule has 0 aromatic heterocycles. The number of nitrogens with zero attached hydrogens (tertiary/aromatic N) is 2. The van der Waals surface area contributed by atoms with Crippen molar-refractivity contribution in [1.82, 2.24) is 10.2 Å².